The van der Waals surface area contributed by atoms with Gasteiger partial charge in [-0.05, 0) is 44.2 Å². The maximum Gasteiger partial charge on any atom is 0.251 e. The summed E-state index contributed by atoms with van der Waals surface area (Å²) in [7, 11) is 2.09. The van der Waals surface area contributed by atoms with Crippen LogP contribution in [0.1, 0.15) is 23.2 Å². The number of benzene rings is 1. The second kappa shape index (κ2) is 9.12. The van der Waals surface area contributed by atoms with Gasteiger partial charge in [-0.1, -0.05) is 0 Å². The lowest BCUT2D eigenvalue weighted by Gasteiger charge is -2.31. The molecule has 2 aliphatic heterocycles. The van der Waals surface area contributed by atoms with Crippen molar-refractivity contribution in [3.8, 4) is 0 Å². The van der Waals surface area contributed by atoms with Crippen LogP contribution in [0.3, 0.4) is 0 Å². The zero-order valence-corrected chi connectivity index (χ0v) is 15.4. The van der Waals surface area contributed by atoms with Crippen LogP contribution in [0.15, 0.2) is 24.3 Å². The van der Waals surface area contributed by atoms with Gasteiger partial charge in [-0.3, -0.25) is 14.5 Å². The molecule has 0 aromatic heterocycles. The van der Waals surface area contributed by atoms with Crippen molar-refractivity contribution in [3.63, 3.8) is 0 Å². The molecule has 2 amide bonds. The lowest BCUT2D eigenvalue weighted by Crippen LogP contribution is -2.47. The summed E-state index contributed by atoms with van der Waals surface area (Å²) in [6.45, 7) is 5.52. The van der Waals surface area contributed by atoms with Crippen molar-refractivity contribution in [3.05, 3.63) is 29.8 Å². The van der Waals surface area contributed by atoms with Crippen LogP contribution >= 0.6 is 0 Å². The van der Waals surface area contributed by atoms with E-state index in [1.54, 1.807) is 24.3 Å². The number of likely N-dealkylation sites (N-methyl/N-ethyl adjacent to an activating group) is 1. The highest BCUT2D eigenvalue weighted by Gasteiger charge is 2.18. The minimum Gasteiger partial charge on any atom is -0.376 e. The molecule has 0 bridgehead atoms. The summed E-state index contributed by atoms with van der Waals surface area (Å²) in [4.78, 5) is 28.7. The Bertz CT molecular complexity index is 606. The molecular weight excluding hydrogens is 332 g/mol. The quantitative estimate of drug-likeness (QED) is 0.784. The fraction of sp³-hybridized carbons (Fsp3) is 0.579. The maximum atomic E-state index is 12.2. The molecule has 2 aliphatic rings. The molecule has 0 aliphatic carbocycles. The van der Waals surface area contributed by atoms with E-state index in [4.69, 9.17) is 4.74 Å². The molecule has 1 aromatic carbocycles. The van der Waals surface area contributed by atoms with Crippen molar-refractivity contribution in [2.75, 3.05) is 58.2 Å². The Kier molecular flexibility index (Phi) is 6.60. The largest absolute Gasteiger partial charge is 0.376 e. The molecular formula is C19H28N4O3. The Balaban J connectivity index is 1.43. The number of hydrogen-bond acceptors (Lipinski definition) is 5. The molecule has 0 radical (unpaired) electrons. The summed E-state index contributed by atoms with van der Waals surface area (Å²) in [6, 6.07) is 7.00. The topological polar surface area (TPSA) is 73.9 Å². The lowest BCUT2D eigenvalue weighted by molar-refractivity contribution is -0.117. The molecule has 2 fully saturated rings. The molecule has 0 spiro atoms. The Hall–Kier alpha value is -1.96. The second-order valence-corrected chi connectivity index (χ2v) is 7.05. The van der Waals surface area contributed by atoms with Gasteiger partial charge in [0.1, 0.15) is 0 Å². The van der Waals surface area contributed by atoms with Gasteiger partial charge in [0.25, 0.3) is 5.91 Å². The first-order valence-electron chi connectivity index (χ1n) is 9.31. The SMILES string of the molecule is CN1CCN(CC(=O)Nc2ccc(C(=O)NCC3CCCO3)cc2)CC1. The summed E-state index contributed by atoms with van der Waals surface area (Å²) < 4.78 is 5.50. The molecule has 7 nitrogen and oxygen atoms in total. The second-order valence-electron chi connectivity index (χ2n) is 7.05. The lowest BCUT2D eigenvalue weighted by atomic mass is 10.2. The third-order valence-electron chi connectivity index (χ3n) is 4.91. The molecule has 1 aromatic rings. The van der Waals surface area contributed by atoms with Crippen molar-refractivity contribution in [1.82, 2.24) is 15.1 Å². The average Bonchev–Trinajstić information content (AvgIpc) is 3.16. The third-order valence-corrected chi connectivity index (χ3v) is 4.91. The minimum atomic E-state index is -0.115. The van der Waals surface area contributed by atoms with Crippen LogP contribution in [0.25, 0.3) is 0 Å². The molecule has 2 N–H and O–H groups in total. The highest BCUT2D eigenvalue weighted by atomic mass is 16.5. The molecule has 1 unspecified atom stereocenters. The van der Waals surface area contributed by atoms with Crippen LogP contribution in [0.4, 0.5) is 5.69 Å². The van der Waals surface area contributed by atoms with E-state index in [0.717, 1.165) is 45.6 Å². The fourth-order valence-electron chi connectivity index (χ4n) is 3.23. The van der Waals surface area contributed by atoms with Crippen LogP contribution in [-0.2, 0) is 9.53 Å². The van der Waals surface area contributed by atoms with Gasteiger partial charge in [0.2, 0.25) is 5.91 Å². The van der Waals surface area contributed by atoms with Crippen molar-refractivity contribution in [2.24, 2.45) is 0 Å². The van der Waals surface area contributed by atoms with Gasteiger partial charge in [-0.25, -0.2) is 0 Å². The number of piperazine rings is 1. The van der Waals surface area contributed by atoms with E-state index in [-0.39, 0.29) is 17.9 Å². The smallest absolute Gasteiger partial charge is 0.251 e. The molecule has 7 heteroatoms. The van der Waals surface area contributed by atoms with Gasteiger partial charge < -0.3 is 20.3 Å². The first-order valence-corrected chi connectivity index (χ1v) is 9.31. The van der Waals surface area contributed by atoms with Crippen LogP contribution in [-0.4, -0.2) is 80.6 Å². The number of anilines is 1. The Labute approximate surface area is 154 Å². The first kappa shape index (κ1) is 18.8. The predicted octanol–water partition coefficient (Wildman–Crippen LogP) is 0.781. The fourth-order valence-corrected chi connectivity index (χ4v) is 3.23. The number of rotatable bonds is 6. The monoisotopic (exact) mass is 360 g/mol. The standard InChI is InChI=1S/C19H28N4O3/c1-22-8-10-23(11-9-22)14-18(24)21-16-6-4-15(5-7-16)19(25)20-13-17-3-2-12-26-17/h4-7,17H,2-3,8-14H2,1H3,(H,20,25)(H,21,24). The highest BCUT2D eigenvalue weighted by molar-refractivity contribution is 5.96. The minimum absolute atomic E-state index is 0.0230. The van der Waals surface area contributed by atoms with E-state index in [2.05, 4.69) is 27.5 Å². The van der Waals surface area contributed by atoms with Crippen molar-refractivity contribution >= 4 is 17.5 Å². The van der Waals surface area contributed by atoms with E-state index in [1.165, 1.54) is 0 Å². The number of hydrogen-bond donors (Lipinski definition) is 2. The van der Waals surface area contributed by atoms with Crippen molar-refractivity contribution in [2.45, 2.75) is 18.9 Å². The van der Waals surface area contributed by atoms with Crippen molar-refractivity contribution < 1.29 is 14.3 Å². The van der Waals surface area contributed by atoms with Gasteiger partial charge in [0, 0.05) is 50.6 Å². The summed E-state index contributed by atoms with van der Waals surface area (Å²) >= 11 is 0. The Morgan fingerprint density at radius 1 is 1.15 bits per heavy atom. The highest BCUT2D eigenvalue weighted by Crippen LogP contribution is 2.12. The van der Waals surface area contributed by atoms with Crippen LogP contribution in [0.2, 0.25) is 0 Å². The number of nitrogens with zero attached hydrogens (tertiary/aromatic N) is 2. The van der Waals surface area contributed by atoms with E-state index in [0.29, 0.717) is 24.3 Å². The number of nitrogens with one attached hydrogen (secondary N) is 2. The van der Waals surface area contributed by atoms with Gasteiger partial charge in [-0.15, -0.1) is 0 Å². The van der Waals surface area contributed by atoms with Gasteiger partial charge in [0.15, 0.2) is 0 Å². The molecule has 2 heterocycles. The zero-order valence-electron chi connectivity index (χ0n) is 15.4. The summed E-state index contributed by atoms with van der Waals surface area (Å²) in [6.07, 6.45) is 2.19. The predicted molar refractivity (Wildman–Crippen MR) is 100 cm³/mol. The van der Waals surface area contributed by atoms with E-state index in [1.807, 2.05) is 0 Å². The van der Waals surface area contributed by atoms with Gasteiger partial charge >= 0.3 is 0 Å². The molecule has 3 rings (SSSR count). The average molecular weight is 360 g/mol. The molecule has 26 heavy (non-hydrogen) atoms. The molecule has 142 valence electrons. The molecule has 1 atom stereocenters. The number of amides is 2. The van der Waals surface area contributed by atoms with Crippen LogP contribution < -0.4 is 10.6 Å². The zero-order chi connectivity index (χ0) is 18.4. The van der Waals surface area contributed by atoms with Gasteiger partial charge in [-0.2, -0.15) is 0 Å². The number of ether oxygens (including phenoxy) is 1. The third kappa shape index (κ3) is 5.52. The van der Waals surface area contributed by atoms with Crippen molar-refractivity contribution in [1.29, 1.82) is 0 Å². The van der Waals surface area contributed by atoms with Gasteiger partial charge in [0.05, 0.1) is 12.6 Å². The number of carbonyl (C=O) groups is 2. The first-order chi connectivity index (χ1) is 12.6. The van der Waals surface area contributed by atoms with E-state index >= 15 is 0 Å². The summed E-state index contributed by atoms with van der Waals surface area (Å²) in [5.74, 6) is -0.138. The van der Waals surface area contributed by atoms with E-state index < -0.39 is 0 Å². The number of carbonyl (C=O) groups excluding carboxylic acids is 2. The van der Waals surface area contributed by atoms with Crippen LogP contribution in [0.5, 0.6) is 0 Å². The molecule has 0 saturated carbocycles. The Morgan fingerprint density at radius 3 is 2.54 bits per heavy atom. The maximum absolute atomic E-state index is 12.2. The summed E-state index contributed by atoms with van der Waals surface area (Å²) in [5, 5.41) is 5.79. The normalized spacial score (nSPS) is 21.5. The van der Waals surface area contributed by atoms with Crippen LogP contribution in [0, 0.1) is 0 Å². The Morgan fingerprint density at radius 2 is 1.88 bits per heavy atom. The van der Waals surface area contributed by atoms with E-state index in [9.17, 15) is 9.59 Å². The summed E-state index contributed by atoms with van der Waals surface area (Å²) in [5.41, 5.74) is 1.29. The molecule has 2 saturated heterocycles.